The number of amidine groups is 1. The Hall–Kier alpha value is -3.11. The third kappa shape index (κ3) is 4.39. The van der Waals surface area contributed by atoms with Gasteiger partial charge in [0, 0.05) is 0 Å². The van der Waals surface area contributed by atoms with Crippen molar-refractivity contribution >= 4 is 40.3 Å². The number of rotatable bonds is 4. The van der Waals surface area contributed by atoms with Crippen LogP contribution in [-0.4, -0.2) is 11.1 Å². The molecule has 0 aromatic heterocycles. The molecule has 1 heterocycles. The van der Waals surface area contributed by atoms with Crippen LogP contribution < -0.4 is 4.90 Å². The van der Waals surface area contributed by atoms with Gasteiger partial charge in [0.1, 0.15) is 0 Å². The first kappa shape index (κ1) is 20.2. The first-order chi connectivity index (χ1) is 14.5. The van der Waals surface area contributed by atoms with E-state index >= 15 is 0 Å². The first-order valence-electron chi connectivity index (χ1n) is 10.1. The van der Waals surface area contributed by atoms with Crippen molar-refractivity contribution in [1.29, 1.82) is 0 Å². The molecule has 0 aliphatic carbocycles. The predicted molar refractivity (Wildman–Crippen MR) is 128 cm³/mol. The molecule has 1 saturated heterocycles. The van der Waals surface area contributed by atoms with Crippen LogP contribution in [0.4, 0.5) is 11.4 Å². The topological polar surface area (TPSA) is 32.7 Å². The molecule has 4 heteroatoms. The number of hydrogen-bond acceptors (Lipinski definition) is 3. The summed E-state index contributed by atoms with van der Waals surface area (Å²) < 4.78 is 0. The summed E-state index contributed by atoms with van der Waals surface area (Å²) in [5, 5.41) is 0.670. The van der Waals surface area contributed by atoms with Gasteiger partial charge in [0.25, 0.3) is 5.91 Å². The minimum Gasteiger partial charge on any atom is -0.268 e. The van der Waals surface area contributed by atoms with Gasteiger partial charge in [0.2, 0.25) is 0 Å². The van der Waals surface area contributed by atoms with Gasteiger partial charge in [-0.15, -0.1) is 0 Å². The van der Waals surface area contributed by atoms with E-state index in [-0.39, 0.29) is 5.91 Å². The van der Waals surface area contributed by atoms with Gasteiger partial charge in [0.05, 0.1) is 16.3 Å². The number of carbonyl (C=O) groups excluding carboxylic acids is 1. The molecular formula is C26H24N2OS. The molecule has 3 aromatic rings. The van der Waals surface area contributed by atoms with Crippen LogP contribution in [-0.2, 0) is 11.2 Å². The van der Waals surface area contributed by atoms with Crippen molar-refractivity contribution in [3.05, 3.63) is 100.0 Å². The molecule has 0 atom stereocenters. The molecule has 0 radical (unpaired) electrons. The molecule has 4 rings (SSSR count). The van der Waals surface area contributed by atoms with E-state index in [0.717, 1.165) is 28.9 Å². The van der Waals surface area contributed by atoms with Crippen molar-refractivity contribution in [2.75, 3.05) is 4.90 Å². The summed E-state index contributed by atoms with van der Waals surface area (Å²) in [6.07, 6.45) is 2.95. The van der Waals surface area contributed by atoms with E-state index < -0.39 is 0 Å². The van der Waals surface area contributed by atoms with Crippen LogP contribution >= 0.6 is 11.8 Å². The predicted octanol–water partition coefficient (Wildman–Crippen LogP) is 6.67. The fraction of sp³-hybridized carbons (Fsp3) is 0.154. The Morgan fingerprint density at radius 2 is 1.47 bits per heavy atom. The zero-order valence-corrected chi connectivity index (χ0v) is 18.2. The van der Waals surface area contributed by atoms with Crippen LogP contribution in [0.3, 0.4) is 0 Å². The van der Waals surface area contributed by atoms with E-state index in [2.05, 4.69) is 31.2 Å². The van der Waals surface area contributed by atoms with Gasteiger partial charge in [-0.05, 0) is 73.5 Å². The lowest BCUT2D eigenvalue weighted by atomic mass is 10.1. The van der Waals surface area contributed by atoms with Gasteiger partial charge in [-0.1, -0.05) is 66.6 Å². The Morgan fingerprint density at radius 3 is 2.07 bits per heavy atom. The molecule has 1 aliphatic heterocycles. The molecule has 3 nitrogen and oxygen atoms in total. The fourth-order valence-corrected chi connectivity index (χ4v) is 4.20. The molecule has 0 spiro atoms. The van der Waals surface area contributed by atoms with Crippen molar-refractivity contribution in [2.24, 2.45) is 4.99 Å². The Kier molecular flexibility index (Phi) is 5.86. The lowest BCUT2D eigenvalue weighted by molar-refractivity contribution is -0.113. The van der Waals surface area contributed by atoms with Crippen molar-refractivity contribution in [2.45, 2.75) is 27.2 Å². The summed E-state index contributed by atoms with van der Waals surface area (Å²) in [4.78, 5) is 20.5. The molecular weight excluding hydrogens is 388 g/mol. The highest BCUT2D eigenvalue weighted by Crippen LogP contribution is 2.37. The van der Waals surface area contributed by atoms with Crippen LogP contribution in [0, 0.1) is 13.8 Å². The highest BCUT2D eigenvalue weighted by Gasteiger charge is 2.34. The minimum atomic E-state index is -0.0470. The van der Waals surface area contributed by atoms with Crippen molar-refractivity contribution < 1.29 is 4.79 Å². The van der Waals surface area contributed by atoms with Gasteiger partial charge in [-0.25, -0.2) is 4.99 Å². The molecule has 0 unspecified atom stereocenters. The summed E-state index contributed by atoms with van der Waals surface area (Å²) >= 11 is 1.42. The molecule has 0 bridgehead atoms. The van der Waals surface area contributed by atoms with Crippen molar-refractivity contribution in [3.63, 3.8) is 0 Å². The average molecular weight is 413 g/mol. The summed E-state index contributed by atoms with van der Waals surface area (Å²) in [5.41, 5.74) is 6.30. The van der Waals surface area contributed by atoms with Crippen LogP contribution in [0.15, 0.2) is 82.7 Å². The third-order valence-electron chi connectivity index (χ3n) is 5.04. The molecule has 150 valence electrons. The second kappa shape index (κ2) is 8.72. The lowest BCUT2D eigenvalue weighted by Crippen LogP contribution is -2.28. The Labute approximate surface area is 182 Å². The number of hydrogen-bond donors (Lipinski definition) is 0. The van der Waals surface area contributed by atoms with E-state index in [1.165, 1.54) is 22.9 Å². The number of amides is 1. The first-order valence-corrected chi connectivity index (χ1v) is 10.9. The van der Waals surface area contributed by atoms with Crippen LogP contribution in [0.25, 0.3) is 6.08 Å². The largest absolute Gasteiger partial charge is 0.271 e. The molecule has 3 aromatic carbocycles. The Balaban J connectivity index is 1.74. The monoisotopic (exact) mass is 412 g/mol. The van der Waals surface area contributed by atoms with Gasteiger partial charge in [0.15, 0.2) is 5.17 Å². The van der Waals surface area contributed by atoms with E-state index in [4.69, 9.17) is 4.99 Å². The zero-order chi connectivity index (χ0) is 21.1. The zero-order valence-electron chi connectivity index (χ0n) is 17.4. The summed E-state index contributed by atoms with van der Waals surface area (Å²) in [5.74, 6) is -0.0470. The smallest absolute Gasteiger partial charge is 0.268 e. The molecule has 1 fully saturated rings. The van der Waals surface area contributed by atoms with Gasteiger partial charge >= 0.3 is 0 Å². The summed E-state index contributed by atoms with van der Waals surface area (Å²) in [7, 11) is 0. The normalized spacial score (nSPS) is 16.6. The van der Waals surface area contributed by atoms with E-state index in [9.17, 15) is 4.79 Å². The van der Waals surface area contributed by atoms with E-state index in [0.29, 0.717) is 10.1 Å². The lowest BCUT2D eigenvalue weighted by Gasteiger charge is -2.16. The SMILES string of the molecule is CCc1ccc(/C=C2/SC(=Nc3ccc(C)cc3)N(c3ccc(C)cc3)C2=O)cc1. The second-order valence-electron chi connectivity index (χ2n) is 7.41. The summed E-state index contributed by atoms with van der Waals surface area (Å²) in [6, 6.07) is 24.3. The highest BCUT2D eigenvalue weighted by atomic mass is 32.2. The number of thioether (sulfide) groups is 1. The molecule has 30 heavy (non-hydrogen) atoms. The number of anilines is 1. The quantitative estimate of drug-likeness (QED) is 0.448. The standard InChI is InChI=1S/C26H24N2OS/c1-4-20-9-11-21(12-10-20)17-24-25(29)28(23-15-7-19(3)8-16-23)26(30-24)27-22-13-5-18(2)6-14-22/h5-17H,4H2,1-3H3/b24-17+,27-26?. The number of benzene rings is 3. The third-order valence-corrected chi connectivity index (χ3v) is 6.01. The van der Waals surface area contributed by atoms with E-state index in [1.54, 1.807) is 4.90 Å². The second-order valence-corrected chi connectivity index (χ2v) is 8.42. The molecule has 0 saturated carbocycles. The van der Waals surface area contributed by atoms with Crippen LogP contribution in [0.1, 0.15) is 29.2 Å². The number of aliphatic imine (C=N–C) groups is 1. The number of carbonyl (C=O) groups is 1. The van der Waals surface area contributed by atoms with Crippen LogP contribution in [0.2, 0.25) is 0 Å². The Morgan fingerprint density at radius 1 is 0.867 bits per heavy atom. The average Bonchev–Trinajstić information content (AvgIpc) is 3.05. The van der Waals surface area contributed by atoms with Gasteiger partial charge < -0.3 is 0 Å². The number of aryl methyl sites for hydroxylation is 3. The van der Waals surface area contributed by atoms with Crippen molar-refractivity contribution in [3.8, 4) is 0 Å². The Bertz CT molecular complexity index is 1110. The number of nitrogens with zero attached hydrogens (tertiary/aromatic N) is 2. The van der Waals surface area contributed by atoms with Crippen LogP contribution in [0.5, 0.6) is 0 Å². The molecule has 0 N–H and O–H groups in total. The molecule has 1 aliphatic rings. The fourth-order valence-electron chi connectivity index (χ4n) is 3.20. The van der Waals surface area contributed by atoms with E-state index in [1.807, 2.05) is 68.5 Å². The van der Waals surface area contributed by atoms with Crippen molar-refractivity contribution in [1.82, 2.24) is 0 Å². The minimum absolute atomic E-state index is 0.0470. The maximum atomic E-state index is 13.3. The summed E-state index contributed by atoms with van der Waals surface area (Å²) in [6.45, 7) is 6.22. The molecule has 1 amide bonds. The maximum absolute atomic E-state index is 13.3. The highest BCUT2D eigenvalue weighted by molar-refractivity contribution is 8.19. The van der Waals surface area contributed by atoms with Gasteiger partial charge in [-0.3, -0.25) is 9.69 Å². The maximum Gasteiger partial charge on any atom is 0.271 e. The van der Waals surface area contributed by atoms with Gasteiger partial charge in [-0.2, -0.15) is 0 Å².